The normalized spacial score (nSPS) is 12.0. The molecule has 0 aliphatic rings. The fraction of sp³-hybridized carbons (Fsp3) is 0.417. The summed E-state index contributed by atoms with van der Waals surface area (Å²) in [4.78, 5) is 10.6. The first kappa shape index (κ1) is 11.9. The van der Waals surface area contributed by atoms with Gasteiger partial charge in [-0.3, -0.25) is 0 Å². The number of hydrogen-bond acceptors (Lipinski definition) is 1. The van der Waals surface area contributed by atoms with E-state index in [1.165, 1.54) is 5.57 Å². The third-order valence-corrected chi connectivity index (χ3v) is 1.73. The number of carbonyl (C=O) groups is 1. The van der Waals surface area contributed by atoms with E-state index < -0.39 is 0 Å². The predicted molar refractivity (Wildman–Crippen MR) is 57.6 cm³/mol. The second-order valence-corrected chi connectivity index (χ2v) is 3.10. The van der Waals surface area contributed by atoms with Crippen LogP contribution in [-0.4, -0.2) is 5.78 Å². The number of carbonyl (C=O) groups excluding carboxylic acids is 1. The van der Waals surface area contributed by atoms with Crippen LogP contribution in [0.4, 0.5) is 0 Å². The minimum atomic E-state index is 0.252. The molecule has 1 nitrogen and oxygen atoms in total. The quantitative estimate of drug-likeness (QED) is 0.450. The Morgan fingerprint density at radius 1 is 1.31 bits per heavy atom. The van der Waals surface area contributed by atoms with Crippen LogP contribution in [0.3, 0.4) is 0 Å². The molecule has 0 saturated carbocycles. The minimum Gasteiger partial charge on any atom is -0.300 e. The summed E-state index contributed by atoms with van der Waals surface area (Å²) in [6.45, 7) is 7.31. The Bertz CT molecular complexity index is 221. The van der Waals surface area contributed by atoms with Crippen molar-refractivity contribution in [2.75, 3.05) is 0 Å². The van der Waals surface area contributed by atoms with Crippen LogP contribution in [0.1, 0.15) is 33.1 Å². The Morgan fingerprint density at radius 2 is 2.00 bits per heavy atom. The number of rotatable bonds is 6. The van der Waals surface area contributed by atoms with Crippen molar-refractivity contribution < 1.29 is 4.79 Å². The van der Waals surface area contributed by atoms with E-state index in [1.54, 1.807) is 6.92 Å². The number of ketones is 1. The van der Waals surface area contributed by atoms with Crippen LogP contribution in [0.2, 0.25) is 0 Å². The molecule has 0 saturated heterocycles. The van der Waals surface area contributed by atoms with E-state index in [1.807, 2.05) is 19.1 Å². The molecule has 13 heavy (non-hydrogen) atoms. The lowest BCUT2D eigenvalue weighted by Crippen LogP contribution is -1.85. The van der Waals surface area contributed by atoms with Gasteiger partial charge in [0.25, 0.3) is 0 Å². The average molecular weight is 178 g/mol. The molecule has 0 radical (unpaired) electrons. The molecule has 0 N–H and O–H groups in total. The summed E-state index contributed by atoms with van der Waals surface area (Å²) in [7, 11) is 0. The highest BCUT2D eigenvalue weighted by molar-refractivity contribution is 5.75. The highest BCUT2D eigenvalue weighted by atomic mass is 16.1. The minimum absolute atomic E-state index is 0.252. The van der Waals surface area contributed by atoms with E-state index in [0.717, 1.165) is 12.8 Å². The third-order valence-electron chi connectivity index (χ3n) is 1.73. The molecular formula is C12H18O. The Kier molecular flexibility index (Phi) is 6.89. The third kappa shape index (κ3) is 8.80. The maximum absolute atomic E-state index is 10.6. The van der Waals surface area contributed by atoms with Crippen LogP contribution in [0.5, 0.6) is 0 Å². The first-order chi connectivity index (χ1) is 6.16. The van der Waals surface area contributed by atoms with Gasteiger partial charge in [0.2, 0.25) is 0 Å². The van der Waals surface area contributed by atoms with Gasteiger partial charge in [-0.2, -0.15) is 0 Å². The van der Waals surface area contributed by atoms with E-state index in [0.29, 0.717) is 6.42 Å². The highest BCUT2D eigenvalue weighted by Gasteiger charge is 1.87. The zero-order chi connectivity index (χ0) is 10.1. The van der Waals surface area contributed by atoms with Crippen molar-refractivity contribution in [2.24, 2.45) is 0 Å². The largest absolute Gasteiger partial charge is 0.300 e. The second-order valence-electron chi connectivity index (χ2n) is 3.10. The molecule has 0 aliphatic carbocycles. The highest BCUT2D eigenvalue weighted by Crippen LogP contribution is 1.98. The number of Topliss-reactive ketones (excluding diaryl/α,β-unsaturated/α-hetero) is 1. The van der Waals surface area contributed by atoms with Gasteiger partial charge in [-0.15, -0.1) is 0 Å². The standard InChI is InChI=1S/C12H18O/c1-4-11(2)9-7-5-6-8-10-12(3)13/h4-6,9H,1,7-8,10H2,2-3H3. The molecule has 0 spiro atoms. The van der Waals surface area contributed by atoms with Crippen LogP contribution < -0.4 is 0 Å². The molecule has 0 aromatic rings. The average Bonchev–Trinajstić information content (AvgIpc) is 2.10. The Balaban J connectivity index is 3.53. The van der Waals surface area contributed by atoms with Crippen molar-refractivity contribution in [3.05, 3.63) is 36.5 Å². The molecule has 0 atom stereocenters. The Morgan fingerprint density at radius 3 is 2.54 bits per heavy atom. The van der Waals surface area contributed by atoms with Crippen LogP contribution in [0.15, 0.2) is 36.5 Å². The van der Waals surface area contributed by atoms with Gasteiger partial charge in [-0.1, -0.05) is 36.5 Å². The van der Waals surface area contributed by atoms with Gasteiger partial charge >= 0.3 is 0 Å². The van der Waals surface area contributed by atoms with Crippen molar-refractivity contribution in [3.8, 4) is 0 Å². The van der Waals surface area contributed by atoms with Crippen molar-refractivity contribution in [1.82, 2.24) is 0 Å². The van der Waals surface area contributed by atoms with E-state index in [-0.39, 0.29) is 5.78 Å². The number of hydrogen-bond donors (Lipinski definition) is 0. The Hall–Kier alpha value is -1.11. The van der Waals surface area contributed by atoms with Gasteiger partial charge in [0.15, 0.2) is 0 Å². The summed E-state index contributed by atoms with van der Waals surface area (Å²) in [5.41, 5.74) is 1.19. The molecule has 0 fully saturated rings. The van der Waals surface area contributed by atoms with Crippen LogP contribution in [0, 0.1) is 0 Å². The van der Waals surface area contributed by atoms with Gasteiger partial charge < -0.3 is 4.79 Å². The number of allylic oxidation sites excluding steroid dienone is 5. The van der Waals surface area contributed by atoms with Gasteiger partial charge in [0.05, 0.1) is 0 Å². The molecule has 0 aliphatic heterocycles. The fourth-order valence-corrected chi connectivity index (χ4v) is 0.838. The van der Waals surface area contributed by atoms with Crippen molar-refractivity contribution in [3.63, 3.8) is 0 Å². The monoisotopic (exact) mass is 178 g/mol. The van der Waals surface area contributed by atoms with E-state index in [4.69, 9.17) is 0 Å². The van der Waals surface area contributed by atoms with Gasteiger partial charge in [-0.05, 0) is 26.7 Å². The zero-order valence-corrected chi connectivity index (χ0v) is 8.55. The van der Waals surface area contributed by atoms with E-state index in [9.17, 15) is 4.79 Å². The lowest BCUT2D eigenvalue weighted by Gasteiger charge is -1.89. The van der Waals surface area contributed by atoms with Crippen LogP contribution >= 0.6 is 0 Å². The molecule has 0 heterocycles. The van der Waals surface area contributed by atoms with Crippen LogP contribution in [-0.2, 0) is 4.79 Å². The molecule has 0 rings (SSSR count). The molecule has 0 unspecified atom stereocenters. The van der Waals surface area contributed by atoms with Crippen LogP contribution in [0.25, 0.3) is 0 Å². The summed E-state index contributed by atoms with van der Waals surface area (Å²) < 4.78 is 0. The molecular weight excluding hydrogens is 160 g/mol. The summed E-state index contributed by atoms with van der Waals surface area (Å²) in [6.07, 6.45) is 10.5. The van der Waals surface area contributed by atoms with E-state index >= 15 is 0 Å². The molecule has 72 valence electrons. The molecule has 0 aromatic carbocycles. The van der Waals surface area contributed by atoms with Crippen molar-refractivity contribution in [2.45, 2.75) is 33.1 Å². The smallest absolute Gasteiger partial charge is 0.130 e. The predicted octanol–water partition coefficient (Wildman–Crippen LogP) is 3.43. The summed E-state index contributed by atoms with van der Waals surface area (Å²) in [5.74, 6) is 0.252. The van der Waals surface area contributed by atoms with Crippen molar-refractivity contribution >= 4 is 5.78 Å². The summed E-state index contributed by atoms with van der Waals surface area (Å²) in [6, 6.07) is 0. The summed E-state index contributed by atoms with van der Waals surface area (Å²) >= 11 is 0. The topological polar surface area (TPSA) is 17.1 Å². The second kappa shape index (κ2) is 7.53. The summed E-state index contributed by atoms with van der Waals surface area (Å²) in [5, 5.41) is 0. The SMILES string of the molecule is C=CC(C)=CCC=CCCC(C)=O. The van der Waals surface area contributed by atoms with Gasteiger partial charge in [-0.25, -0.2) is 0 Å². The Labute approximate surface area is 80.8 Å². The lowest BCUT2D eigenvalue weighted by atomic mass is 10.2. The van der Waals surface area contributed by atoms with Gasteiger partial charge in [0.1, 0.15) is 5.78 Å². The molecule has 0 aromatic heterocycles. The fourth-order valence-electron chi connectivity index (χ4n) is 0.838. The first-order valence-corrected chi connectivity index (χ1v) is 4.60. The zero-order valence-electron chi connectivity index (χ0n) is 8.55. The maximum Gasteiger partial charge on any atom is 0.130 e. The first-order valence-electron chi connectivity index (χ1n) is 4.60. The molecule has 0 amide bonds. The lowest BCUT2D eigenvalue weighted by molar-refractivity contribution is -0.116. The van der Waals surface area contributed by atoms with Crippen molar-refractivity contribution in [1.29, 1.82) is 0 Å². The van der Waals surface area contributed by atoms with Gasteiger partial charge in [0, 0.05) is 6.42 Å². The van der Waals surface area contributed by atoms with E-state index in [2.05, 4.69) is 18.7 Å². The maximum atomic E-state index is 10.6. The molecule has 0 bridgehead atoms. The molecule has 1 heteroatoms.